The molecule has 1 aliphatic heterocycles. The van der Waals surface area contributed by atoms with Crippen LogP contribution in [0.15, 0.2) is 30.3 Å². The Hall–Kier alpha value is -1.75. The number of quaternary nitrogens is 1. The number of hydrogen-bond donors (Lipinski definition) is 1. The van der Waals surface area contributed by atoms with Crippen LogP contribution in [-0.4, -0.2) is 33.3 Å². The molecule has 134 valence electrons. The quantitative estimate of drug-likeness (QED) is 0.906. The monoisotopic (exact) mass is 340 g/mol. The zero-order chi connectivity index (χ0) is 17.0. The predicted octanol–water partition coefficient (Wildman–Crippen LogP) is 2.04. The van der Waals surface area contributed by atoms with Gasteiger partial charge in [0.15, 0.2) is 0 Å². The molecule has 1 aromatic carbocycles. The number of piperidine rings is 1. The highest BCUT2D eigenvalue weighted by molar-refractivity contribution is 5.14. The van der Waals surface area contributed by atoms with Crippen molar-refractivity contribution in [2.24, 2.45) is 5.41 Å². The van der Waals surface area contributed by atoms with Crippen LogP contribution < -0.4 is 4.90 Å². The van der Waals surface area contributed by atoms with Crippen LogP contribution in [-0.2, 0) is 19.5 Å². The Bertz CT molecular complexity index is 654. The molecular formula is C20H30N5+. The summed E-state index contributed by atoms with van der Waals surface area (Å²) in [5.41, 5.74) is 1.96. The summed E-state index contributed by atoms with van der Waals surface area (Å²) in [5, 5.41) is 12.5. The fraction of sp³-hybridized carbons (Fsp3) is 0.650. The standard InChI is InChI=1S/C20H29N5/c1-3-8-18(9-4-1)10-15-25-19(21-22-23-25)16-24-14-7-13-20(17-24)11-5-2-6-12-20/h1,3-4,8-9H,2,5-7,10-17H2/p+1. The highest BCUT2D eigenvalue weighted by Gasteiger charge is 2.39. The van der Waals surface area contributed by atoms with E-state index in [1.807, 2.05) is 4.68 Å². The minimum Gasteiger partial charge on any atom is -0.328 e. The maximum Gasteiger partial charge on any atom is 0.206 e. The summed E-state index contributed by atoms with van der Waals surface area (Å²) in [5.74, 6) is 1.05. The number of rotatable bonds is 5. The zero-order valence-corrected chi connectivity index (χ0v) is 15.2. The van der Waals surface area contributed by atoms with Crippen LogP contribution in [0.5, 0.6) is 0 Å². The van der Waals surface area contributed by atoms with E-state index in [1.165, 1.54) is 63.6 Å². The fourth-order valence-electron chi connectivity index (χ4n) is 4.93. The van der Waals surface area contributed by atoms with Gasteiger partial charge < -0.3 is 4.90 Å². The molecule has 5 nitrogen and oxygen atoms in total. The van der Waals surface area contributed by atoms with Gasteiger partial charge in [0.25, 0.3) is 0 Å². The minimum absolute atomic E-state index is 0.619. The van der Waals surface area contributed by atoms with Crippen LogP contribution in [0.1, 0.15) is 56.3 Å². The molecule has 1 spiro atoms. The average molecular weight is 340 g/mol. The fourth-order valence-corrected chi connectivity index (χ4v) is 4.93. The van der Waals surface area contributed by atoms with Crippen LogP contribution in [0.25, 0.3) is 0 Å². The van der Waals surface area contributed by atoms with Crippen LogP contribution in [0.3, 0.4) is 0 Å². The molecule has 4 rings (SSSR count). The number of benzene rings is 1. The van der Waals surface area contributed by atoms with E-state index < -0.39 is 0 Å². The summed E-state index contributed by atoms with van der Waals surface area (Å²) in [7, 11) is 0. The molecule has 1 unspecified atom stereocenters. The van der Waals surface area contributed by atoms with Gasteiger partial charge in [-0.2, -0.15) is 0 Å². The third-order valence-corrected chi connectivity index (χ3v) is 6.25. The summed E-state index contributed by atoms with van der Waals surface area (Å²) in [4.78, 5) is 1.68. The molecule has 0 amide bonds. The number of aryl methyl sites for hydroxylation is 2. The molecule has 1 saturated carbocycles. The summed E-state index contributed by atoms with van der Waals surface area (Å²) in [6.07, 6.45) is 11.0. The Kier molecular flexibility index (Phi) is 5.11. The molecule has 25 heavy (non-hydrogen) atoms. The lowest BCUT2D eigenvalue weighted by molar-refractivity contribution is -0.927. The van der Waals surface area contributed by atoms with Gasteiger partial charge in [0.2, 0.25) is 5.82 Å². The number of aromatic nitrogens is 4. The number of hydrogen-bond acceptors (Lipinski definition) is 3. The van der Waals surface area contributed by atoms with Crippen molar-refractivity contribution in [3.05, 3.63) is 41.7 Å². The van der Waals surface area contributed by atoms with Gasteiger partial charge in [0, 0.05) is 12.0 Å². The van der Waals surface area contributed by atoms with E-state index in [-0.39, 0.29) is 0 Å². The second kappa shape index (κ2) is 7.65. The Labute approximate surface area is 150 Å². The van der Waals surface area contributed by atoms with Crippen LogP contribution in [0.2, 0.25) is 0 Å². The molecule has 2 aromatic rings. The third kappa shape index (κ3) is 4.09. The molecule has 5 heteroatoms. The van der Waals surface area contributed by atoms with E-state index in [2.05, 4.69) is 45.9 Å². The van der Waals surface area contributed by atoms with Crippen molar-refractivity contribution in [1.82, 2.24) is 20.2 Å². The second-order valence-corrected chi connectivity index (χ2v) is 8.07. The van der Waals surface area contributed by atoms with Crippen molar-refractivity contribution < 1.29 is 4.90 Å². The number of nitrogens with one attached hydrogen (secondary N) is 1. The highest BCUT2D eigenvalue weighted by atomic mass is 15.5. The lowest BCUT2D eigenvalue weighted by atomic mass is 9.69. The first-order valence-electron chi connectivity index (χ1n) is 9.96. The summed E-state index contributed by atoms with van der Waals surface area (Å²) >= 11 is 0. The van der Waals surface area contributed by atoms with Crippen LogP contribution in [0.4, 0.5) is 0 Å². The highest BCUT2D eigenvalue weighted by Crippen LogP contribution is 2.40. The number of tetrazole rings is 1. The van der Waals surface area contributed by atoms with E-state index in [4.69, 9.17) is 0 Å². The first-order valence-corrected chi connectivity index (χ1v) is 9.96. The van der Waals surface area contributed by atoms with Gasteiger partial charge >= 0.3 is 0 Å². The Balaban J connectivity index is 1.37. The molecule has 1 atom stereocenters. The van der Waals surface area contributed by atoms with Gasteiger partial charge in [-0.3, -0.25) is 0 Å². The van der Waals surface area contributed by atoms with Gasteiger partial charge in [-0.25, -0.2) is 4.68 Å². The lowest BCUT2D eigenvalue weighted by Crippen LogP contribution is -3.13. The Morgan fingerprint density at radius 3 is 2.64 bits per heavy atom. The van der Waals surface area contributed by atoms with E-state index in [0.29, 0.717) is 5.41 Å². The largest absolute Gasteiger partial charge is 0.328 e. The van der Waals surface area contributed by atoms with Crippen LogP contribution >= 0.6 is 0 Å². The predicted molar refractivity (Wildman–Crippen MR) is 97.1 cm³/mol. The second-order valence-electron chi connectivity index (χ2n) is 8.07. The summed E-state index contributed by atoms with van der Waals surface area (Å²) in [6, 6.07) is 10.6. The summed E-state index contributed by atoms with van der Waals surface area (Å²) in [6.45, 7) is 4.43. The minimum atomic E-state index is 0.619. The van der Waals surface area contributed by atoms with Gasteiger partial charge in [-0.1, -0.05) is 49.6 Å². The number of nitrogens with zero attached hydrogens (tertiary/aromatic N) is 4. The third-order valence-electron chi connectivity index (χ3n) is 6.25. The van der Waals surface area contributed by atoms with Crippen molar-refractivity contribution >= 4 is 0 Å². The van der Waals surface area contributed by atoms with Gasteiger partial charge in [0.05, 0.1) is 13.1 Å². The van der Waals surface area contributed by atoms with Gasteiger partial charge in [0.1, 0.15) is 6.54 Å². The van der Waals surface area contributed by atoms with E-state index in [1.54, 1.807) is 4.90 Å². The van der Waals surface area contributed by atoms with Crippen molar-refractivity contribution in [1.29, 1.82) is 0 Å². The molecule has 1 aromatic heterocycles. The van der Waals surface area contributed by atoms with Gasteiger partial charge in [-0.15, -0.1) is 5.10 Å². The molecule has 1 N–H and O–H groups in total. The molecule has 2 heterocycles. The molecular weight excluding hydrogens is 310 g/mol. The first kappa shape index (κ1) is 16.7. The van der Waals surface area contributed by atoms with Crippen LogP contribution in [0, 0.1) is 5.41 Å². The smallest absolute Gasteiger partial charge is 0.206 e. The molecule has 1 aliphatic carbocycles. The lowest BCUT2D eigenvalue weighted by Gasteiger charge is -2.42. The molecule has 2 fully saturated rings. The van der Waals surface area contributed by atoms with E-state index >= 15 is 0 Å². The average Bonchev–Trinajstić information content (AvgIpc) is 3.09. The molecule has 0 bridgehead atoms. The Morgan fingerprint density at radius 2 is 1.80 bits per heavy atom. The Morgan fingerprint density at radius 1 is 1.00 bits per heavy atom. The van der Waals surface area contributed by atoms with Crippen molar-refractivity contribution in [3.63, 3.8) is 0 Å². The van der Waals surface area contributed by atoms with Gasteiger partial charge in [-0.05, 0) is 48.1 Å². The zero-order valence-electron chi connectivity index (χ0n) is 15.2. The first-order chi connectivity index (χ1) is 12.3. The molecule has 0 radical (unpaired) electrons. The normalized spacial score (nSPS) is 23.0. The molecule has 1 saturated heterocycles. The number of likely N-dealkylation sites (tertiary alicyclic amines) is 1. The van der Waals surface area contributed by atoms with E-state index in [0.717, 1.165) is 25.3 Å². The SMILES string of the molecule is c1ccc(CCn2nnnc2C[NH+]2CCCC3(CCCCC3)C2)cc1. The molecule has 2 aliphatic rings. The topological polar surface area (TPSA) is 48.0 Å². The van der Waals surface area contributed by atoms with Crippen molar-refractivity contribution in [2.75, 3.05) is 13.1 Å². The van der Waals surface area contributed by atoms with E-state index in [9.17, 15) is 0 Å². The maximum absolute atomic E-state index is 4.34. The maximum atomic E-state index is 4.34. The van der Waals surface area contributed by atoms with Crippen molar-refractivity contribution in [3.8, 4) is 0 Å². The summed E-state index contributed by atoms with van der Waals surface area (Å²) < 4.78 is 2.02. The van der Waals surface area contributed by atoms with Crippen molar-refractivity contribution in [2.45, 2.75) is 64.5 Å².